The molecular weight excluding hydrogens is 234 g/mol. The lowest BCUT2D eigenvalue weighted by Crippen LogP contribution is -2.09. The van der Waals surface area contributed by atoms with Crippen molar-refractivity contribution in [3.63, 3.8) is 0 Å². The summed E-state index contributed by atoms with van der Waals surface area (Å²) in [4.78, 5) is 12.1. The van der Waals surface area contributed by atoms with Crippen molar-refractivity contribution in [1.29, 1.82) is 0 Å². The van der Waals surface area contributed by atoms with Crippen LogP contribution in [-0.2, 0) is 6.54 Å². The minimum atomic E-state index is 0.0566. The fourth-order valence-electron chi connectivity index (χ4n) is 1.80. The van der Waals surface area contributed by atoms with Crippen LogP contribution < -0.4 is 5.32 Å². The summed E-state index contributed by atoms with van der Waals surface area (Å²) in [6, 6.07) is 19.4. The monoisotopic (exact) mass is 251 g/mol. The van der Waals surface area contributed by atoms with Gasteiger partial charge in [-0.25, -0.2) is 0 Å². The van der Waals surface area contributed by atoms with Crippen molar-refractivity contribution in [2.24, 2.45) is 0 Å². The van der Waals surface area contributed by atoms with Gasteiger partial charge in [-0.15, -0.1) is 0 Å². The molecule has 0 saturated heterocycles. The molecule has 2 rings (SSSR count). The fourth-order valence-corrected chi connectivity index (χ4v) is 1.80. The van der Waals surface area contributed by atoms with E-state index in [2.05, 4.69) is 17.4 Å². The maximum absolute atomic E-state index is 12.1. The van der Waals surface area contributed by atoms with Crippen molar-refractivity contribution >= 4 is 5.78 Å². The first-order valence-corrected chi connectivity index (χ1v) is 6.31. The standard InChI is InChI=1S/C17H17NO/c1-14(17(19)16-10-6-3-7-11-16)12-18-13-15-8-4-2-5-9-15/h2-12,18H,13H2,1H3/b14-12-. The number of rotatable bonds is 5. The van der Waals surface area contributed by atoms with E-state index in [-0.39, 0.29) is 5.78 Å². The SMILES string of the molecule is C/C(=C/NCc1ccccc1)C(=O)c1ccccc1. The lowest BCUT2D eigenvalue weighted by atomic mass is 10.1. The van der Waals surface area contributed by atoms with Crippen molar-refractivity contribution in [2.45, 2.75) is 13.5 Å². The van der Waals surface area contributed by atoms with Gasteiger partial charge in [0.15, 0.2) is 5.78 Å². The number of carbonyl (C=O) groups excluding carboxylic acids is 1. The van der Waals surface area contributed by atoms with Crippen molar-refractivity contribution < 1.29 is 4.79 Å². The van der Waals surface area contributed by atoms with Crippen LogP contribution in [0.4, 0.5) is 0 Å². The first kappa shape index (κ1) is 13.1. The van der Waals surface area contributed by atoms with Gasteiger partial charge in [-0.05, 0) is 12.5 Å². The van der Waals surface area contributed by atoms with Gasteiger partial charge < -0.3 is 5.32 Å². The van der Waals surface area contributed by atoms with E-state index in [1.165, 1.54) is 5.56 Å². The molecule has 2 heteroatoms. The van der Waals surface area contributed by atoms with Gasteiger partial charge in [0.05, 0.1) is 0 Å². The van der Waals surface area contributed by atoms with Gasteiger partial charge in [0.1, 0.15) is 0 Å². The molecule has 0 bridgehead atoms. The zero-order valence-corrected chi connectivity index (χ0v) is 11.0. The largest absolute Gasteiger partial charge is 0.386 e. The van der Waals surface area contributed by atoms with Gasteiger partial charge in [0.25, 0.3) is 0 Å². The lowest BCUT2D eigenvalue weighted by Gasteiger charge is -2.04. The van der Waals surface area contributed by atoms with Crippen LogP contribution in [0.1, 0.15) is 22.8 Å². The molecule has 2 aromatic carbocycles. The predicted molar refractivity (Wildman–Crippen MR) is 77.8 cm³/mol. The Morgan fingerprint density at radius 1 is 1.00 bits per heavy atom. The van der Waals surface area contributed by atoms with E-state index < -0.39 is 0 Å². The van der Waals surface area contributed by atoms with Crippen molar-refractivity contribution in [1.82, 2.24) is 5.32 Å². The molecule has 0 aliphatic rings. The topological polar surface area (TPSA) is 29.1 Å². The van der Waals surface area contributed by atoms with E-state index in [4.69, 9.17) is 0 Å². The highest BCUT2D eigenvalue weighted by atomic mass is 16.1. The van der Waals surface area contributed by atoms with Crippen molar-refractivity contribution in [3.05, 3.63) is 83.6 Å². The van der Waals surface area contributed by atoms with Gasteiger partial charge in [0.2, 0.25) is 0 Å². The van der Waals surface area contributed by atoms with E-state index in [1.54, 1.807) is 6.20 Å². The third-order valence-corrected chi connectivity index (χ3v) is 2.86. The Morgan fingerprint density at radius 2 is 1.58 bits per heavy atom. The van der Waals surface area contributed by atoms with E-state index in [0.29, 0.717) is 5.57 Å². The maximum atomic E-state index is 12.1. The molecule has 0 heterocycles. The predicted octanol–water partition coefficient (Wildman–Crippen LogP) is 3.56. The average molecular weight is 251 g/mol. The highest BCUT2D eigenvalue weighted by Crippen LogP contribution is 2.07. The highest BCUT2D eigenvalue weighted by molar-refractivity contribution is 6.08. The molecule has 0 radical (unpaired) electrons. The minimum Gasteiger partial charge on any atom is -0.386 e. The van der Waals surface area contributed by atoms with Crippen LogP contribution in [0.5, 0.6) is 0 Å². The molecule has 0 amide bonds. The quantitative estimate of drug-likeness (QED) is 0.650. The van der Waals surface area contributed by atoms with Gasteiger partial charge in [-0.1, -0.05) is 60.7 Å². The summed E-state index contributed by atoms with van der Waals surface area (Å²) in [5.74, 6) is 0.0566. The lowest BCUT2D eigenvalue weighted by molar-refractivity contribution is 0.103. The Hall–Kier alpha value is -2.35. The summed E-state index contributed by atoms with van der Waals surface area (Å²) < 4.78 is 0. The zero-order valence-electron chi connectivity index (χ0n) is 11.0. The van der Waals surface area contributed by atoms with Crippen LogP contribution in [0.3, 0.4) is 0 Å². The summed E-state index contributed by atoms with van der Waals surface area (Å²) in [5.41, 5.74) is 2.62. The summed E-state index contributed by atoms with van der Waals surface area (Å²) in [6.07, 6.45) is 1.78. The molecule has 2 nitrogen and oxygen atoms in total. The summed E-state index contributed by atoms with van der Waals surface area (Å²) >= 11 is 0. The third kappa shape index (κ3) is 3.81. The molecule has 0 aliphatic carbocycles. The average Bonchev–Trinajstić information content (AvgIpc) is 2.48. The van der Waals surface area contributed by atoms with Crippen LogP contribution in [0.15, 0.2) is 72.4 Å². The molecule has 0 atom stereocenters. The number of carbonyl (C=O) groups is 1. The number of nitrogens with one attached hydrogen (secondary N) is 1. The van der Waals surface area contributed by atoms with Gasteiger partial charge in [-0.2, -0.15) is 0 Å². The van der Waals surface area contributed by atoms with E-state index >= 15 is 0 Å². The van der Waals surface area contributed by atoms with E-state index in [9.17, 15) is 4.79 Å². The Bertz CT molecular complexity index is 558. The third-order valence-electron chi connectivity index (χ3n) is 2.86. The minimum absolute atomic E-state index is 0.0566. The van der Waals surface area contributed by atoms with Crippen molar-refractivity contribution in [2.75, 3.05) is 0 Å². The number of benzene rings is 2. The van der Waals surface area contributed by atoms with Crippen molar-refractivity contribution in [3.8, 4) is 0 Å². The van der Waals surface area contributed by atoms with Gasteiger partial charge in [-0.3, -0.25) is 4.79 Å². The number of allylic oxidation sites excluding steroid dienone is 1. The second kappa shape index (κ2) is 6.55. The van der Waals surface area contributed by atoms with Crippen LogP contribution in [0.2, 0.25) is 0 Å². The Labute approximate surface area is 113 Å². The molecule has 0 fully saturated rings. The molecule has 0 aliphatic heterocycles. The fraction of sp³-hybridized carbons (Fsp3) is 0.118. The van der Waals surface area contributed by atoms with Crippen LogP contribution in [-0.4, -0.2) is 5.78 Å². The summed E-state index contributed by atoms with van der Waals surface area (Å²) in [5, 5.41) is 3.17. The van der Waals surface area contributed by atoms with Gasteiger partial charge in [0, 0.05) is 23.9 Å². The Balaban J connectivity index is 1.94. The number of hydrogen-bond donors (Lipinski definition) is 1. The Kier molecular flexibility index (Phi) is 4.51. The molecule has 0 saturated carbocycles. The normalized spacial score (nSPS) is 11.1. The molecule has 19 heavy (non-hydrogen) atoms. The molecule has 1 N–H and O–H groups in total. The van der Waals surface area contributed by atoms with E-state index in [0.717, 1.165) is 12.1 Å². The van der Waals surface area contributed by atoms with Gasteiger partial charge >= 0.3 is 0 Å². The maximum Gasteiger partial charge on any atom is 0.190 e. The van der Waals surface area contributed by atoms with E-state index in [1.807, 2.05) is 55.5 Å². The molecule has 2 aromatic rings. The van der Waals surface area contributed by atoms with Crippen LogP contribution >= 0.6 is 0 Å². The second-order valence-electron chi connectivity index (χ2n) is 4.39. The number of hydrogen-bond acceptors (Lipinski definition) is 2. The molecule has 0 aromatic heterocycles. The first-order chi connectivity index (χ1) is 9.27. The molecule has 96 valence electrons. The Morgan fingerprint density at radius 3 is 2.21 bits per heavy atom. The molecular formula is C17H17NO. The van der Waals surface area contributed by atoms with Crippen LogP contribution in [0, 0.1) is 0 Å². The number of ketones is 1. The molecule has 0 unspecified atom stereocenters. The van der Waals surface area contributed by atoms with Crippen LogP contribution in [0.25, 0.3) is 0 Å². The highest BCUT2D eigenvalue weighted by Gasteiger charge is 2.06. The number of Topliss-reactive ketones (excluding diaryl/α,β-unsaturated/α-hetero) is 1. The first-order valence-electron chi connectivity index (χ1n) is 6.31. The molecule has 0 spiro atoms. The summed E-state index contributed by atoms with van der Waals surface area (Å²) in [7, 11) is 0. The zero-order chi connectivity index (χ0) is 13.5. The summed E-state index contributed by atoms with van der Waals surface area (Å²) in [6.45, 7) is 2.55. The second-order valence-corrected chi connectivity index (χ2v) is 4.39. The smallest absolute Gasteiger partial charge is 0.190 e.